The van der Waals surface area contributed by atoms with Gasteiger partial charge in [-0.2, -0.15) is 0 Å². The molecule has 110 valence electrons. The van der Waals surface area contributed by atoms with Crippen LogP contribution in [0.3, 0.4) is 0 Å². The molecule has 21 heavy (non-hydrogen) atoms. The SMILES string of the molecule is CC(C)n1c(Cn2cc(CN)nn2)nc2ccc(Cl)cc21. The fourth-order valence-corrected chi connectivity index (χ4v) is 2.62. The Labute approximate surface area is 127 Å². The van der Waals surface area contributed by atoms with Crippen molar-refractivity contribution in [2.75, 3.05) is 0 Å². The van der Waals surface area contributed by atoms with Crippen LogP contribution in [0.2, 0.25) is 5.02 Å². The van der Waals surface area contributed by atoms with Gasteiger partial charge in [0.2, 0.25) is 0 Å². The van der Waals surface area contributed by atoms with E-state index in [1.54, 1.807) is 4.68 Å². The summed E-state index contributed by atoms with van der Waals surface area (Å²) in [6.07, 6.45) is 1.84. The Morgan fingerprint density at radius 3 is 2.81 bits per heavy atom. The molecule has 3 aromatic rings. The Hall–Kier alpha value is -1.92. The molecule has 3 rings (SSSR count). The van der Waals surface area contributed by atoms with E-state index in [2.05, 4.69) is 33.7 Å². The van der Waals surface area contributed by atoms with Gasteiger partial charge in [0.1, 0.15) is 12.4 Å². The minimum absolute atomic E-state index is 0.279. The number of aromatic nitrogens is 5. The number of hydrogen-bond acceptors (Lipinski definition) is 4. The molecule has 0 radical (unpaired) electrons. The third-order valence-electron chi connectivity index (χ3n) is 3.34. The molecule has 0 saturated carbocycles. The van der Waals surface area contributed by atoms with Gasteiger partial charge in [0.05, 0.1) is 22.9 Å². The maximum Gasteiger partial charge on any atom is 0.132 e. The molecule has 0 atom stereocenters. The molecule has 2 heterocycles. The standard InChI is InChI=1S/C14H17ClN6/c1-9(2)21-13-5-10(15)3-4-12(13)17-14(21)8-20-7-11(6-16)18-19-20/h3-5,7,9H,6,8,16H2,1-2H3. The van der Waals surface area contributed by atoms with Crippen LogP contribution >= 0.6 is 11.6 Å². The molecule has 2 N–H and O–H groups in total. The van der Waals surface area contributed by atoms with Crippen LogP contribution in [0.25, 0.3) is 11.0 Å². The van der Waals surface area contributed by atoms with Crippen molar-refractivity contribution in [2.45, 2.75) is 33.0 Å². The van der Waals surface area contributed by atoms with Crippen LogP contribution in [-0.4, -0.2) is 24.5 Å². The second-order valence-corrected chi connectivity index (χ2v) is 5.67. The molecule has 0 bridgehead atoms. The molecular weight excluding hydrogens is 288 g/mol. The highest BCUT2D eigenvalue weighted by Gasteiger charge is 2.14. The van der Waals surface area contributed by atoms with Gasteiger partial charge in [-0.25, -0.2) is 9.67 Å². The van der Waals surface area contributed by atoms with Crippen molar-refractivity contribution in [3.8, 4) is 0 Å². The maximum atomic E-state index is 6.10. The average Bonchev–Trinajstić information content (AvgIpc) is 3.02. The summed E-state index contributed by atoms with van der Waals surface area (Å²) in [7, 11) is 0. The van der Waals surface area contributed by atoms with Gasteiger partial charge < -0.3 is 10.3 Å². The molecule has 0 saturated heterocycles. The number of fused-ring (bicyclic) bond motifs is 1. The minimum atomic E-state index is 0.279. The lowest BCUT2D eigenvalue weighted by Crippen LogP contribution is -2.11. The van der Waals surface area contributed by atoms with Crippen LogP contribution in [0.5, 0.6) is 0 Å². The quantitative estimate of drug-likeness (QED) is 0.803. The van der Waals surface area contributed by atoms with E-state index in [9.17, 15) is 0 Å². The summed E-state index contributed by atoms with van der Waals surface area (Å²) < 4.78 is 3.93. The Morgan fingerprint density at radius 1 is 1.33 bits per heavy atom. The fraction of sp³-hybridized carbons (Fsp3) is 0.357. The normalized spacial score (nSPS) is 11.7. The summed E-state index contributed by atoms with van der Waals surface area (Å²) >= 11 is 6.10. The van der Waals surface area contributed by atoms with Crippen LogP contribution in [-0.2, 0) is 13.1 Å². The van der Waals surface area contributed by atoms with Crippen molar-refractivity contribution in [2.24, 2.45) is 5.73 Å². The Balaban J connectivity index is 2.06. The predicted octanol–water partition coefficient (Wildman–Crippen LogP) is 2.37. The maximum absolute atomic E-state index is 6.10. The highest BCUT2D eigenvalue weighted by molar-refractivity contribution is 6.31. The van der Waals surface area contributed by atoms with E-state index in [4.69, 9.17) is 17.3 Å². The van der Waals surface area contributed by atoms with Crippen molar-refractivity contribution in [1.29, 1.82) is 0 Å². The topological polar surface area (TPSA) is 74.5 Å². The summed E-state index contributed by atoms with van der Waals surface area (Å²) in [5, 5.41) is 8.79. The second kappa shape index (κ2) is 5.46. The lowest BCUT2D eigenvalue weighted by atomic mass is 10.3. The molecule has 0 unspecified atom stereocenters. The van der Waals surface area contributed by atoms with Gasteiger partial charge >= 0.3 is 0 Å². The molecule has 0 aliphatic heterocycles. The highest BCUT2D eigenvalue weighted by atomic mass is 35.5. The monoisotopic (exact) mass is 304 g/mol. The van der Waals surface area contributed by atoms with Crippen LogP contribution in [0.1, 0.15) is 31.4 Å². The zero-order valence-electron chi connectivity index (χ0n) is 12.0. The van der Waals surface area contributed by atoms with E-state index in [0.717, 1.165) is 22.6 Å². The zero-order valence-corrected chi connectivity index (χ0v) is 12.7. The first-order valence-electron chi connectivity index (χ1n) is 6.84. The van der Waals surface area contributed by atoms with Crippen LogP contribution < -0.4 is 5.73 Å². The van der Waals surface area contributed by atoms with Crippen LogP contribution in [0.4, 0.5) is 0 Å². The first-order valence-corrected chi connectivity index (χ1v) is 7.21. The van der Waals surface area contributed by atoms with Gasteiger partial charge in [-0.3, -0.25) is 0 Å². The molecule has 6 nitrogen and oxygen atoms in total. The van der Waals surface area contributed by atoms with E-state index in [1.165, 1.54) is 0 Å². The first-order chi connectivity index (χ1) is 10.1. The summed E-state index contributed by atoms with van der Waals surface area (Å²) in [6.45, 7) is 5.18. The van der Waals surface area contributed by atoms with Crippen molar-refractivity contribution in [3.05, 3.63) is 40.9 Å². The summed E-state index contributed by atoms with van der Waals surface area (Å²) in [5.74, 6) is 0.927. The van der Waals surface area contributed by atoms with Crippen molar-refractivity contribution in [1.82, 2.24) is 24.5 Å². The predicted molar refractivity (Wildman–Crippen MR) is 82.1 cm³/mol. The summed E-state index contributed by atoms with van der Waals surface area (Å²) in [5.41, 5.74) is 8.30. The third kappa shape index (κ3) is 2.64. The number of nitrogens with zero attached hydrogens (tertiary/aromatic N) is 5. The number of rotatable bonds is 4. The van der Waals surface area contributed by atoms with Gasteiger partial charge in [-0.1, -0.05) is 16.8 Å². The Kier molecular flexibility index (Phi) is 3.65. The molecule has 2 aromatic heterocycles. The van der Waals surface area contributed by atoms with Gasteiger partial charge in [-0.05, 0) is 32.0 Å². The van der Waals surface area contributed by atoms with Crippen molar-refractivity contribution < 1.29 is 0 Å². The number of nitrogens with two attached hydrogens (primary N) is 1. The smallest absolute Gasteiger partial charge is 0.132 e. The Bertz CT molecular complexity index is 773. The van der Waals surface area contributed by atoms with E-state index >= 15 is 0 Å². The van der Waals surface area contributed by atoms with Gasteiger partial charge in [0, 0.05) is 17.6 Å². The number of hydrogen-bond donors (Lipinski definition) is 1. The third-order valence-corrected chi connectivity index (χ3v) is 3.57. The zero-order chi connectivity index (χ0) is 15.0. The number of benzene rings is 1. The molecule has 7 heteroatoms. The summed E-state index contributed by atoms with van der Waals surface area (Å²) in [6, 6.07) is 6.01. The molecule has 0 amide bonds. The molecule has 0 aliphatic rings. The molecule has 0 spiro atoms. The lowest BCUT2D eigenvalue weighted by Gasteiger charge is -2.13. The van der Waals surface area contributed by atoms with Crippen LogP contribution in [0.15, 0.2) is 24.4 Å². The van der Waals surface area contributed by atoms with E-state index < -0.39 is 0 Å². The van der Waals surface area contributed by atoms with E-state index in [1.807, 2.05) is 24.4 Å². The molecule has 1 aromatic carbocycles. The van der Waals surface area contributed by atoms with Crippen molar-refractivity contribution >= 4 is 22.6 Å². The second-order valence-electron chi connectivity index (χ2n) is 5.24. The lowest BCUT2D eigenvalue weighted by molar-refractivity contribution is 0.543. The Morgan fingerprint density at radius 2 is 2.14 bits per heavy atom. The largest absolute Gasteiger partial charge is 0.325 e. The fourth-order valence-electron chi connectivity index (χ4n) is 2.46. The van der Waals surface area contributed by atoms with E-state index in [-0.39, 0.29) is 6.04 Å². The minimum Gasteiger partial charge on any atom is -0.325 e. The van der Waals surface area contributed by atoms with Gasteiger partial charge in [0.15, 0.2) is 0 Å². The molecular formula is C14H17ClN6. The number of halogens is 1. The van der Waals surface area contributed by atoms with Crippen molar-refractivity contribution in [3.63, 3.8) is 0 Å². The molecule has 0 fully saturated rings. The number of imidazole rings is 1. The average molecular weight is 305 g/mol. The van der Waals surface area contributed by atoms with Gasteiger partial charge in [0.25, 0.3) is 0 Å². The highest BCUT2D eigenvalue weighted by Crippen LogP contribution is 2.24. The van der Waals surface area contributed by atoms with Gasteiger partial charge in [-0.15, -0.1) is 5.10 Å². The van der Waals surface area contributed by atoms with E-state index in [0.29, 0.717) is 18.1 Å². The first kappa shape index (κ1) is 14.0. The summed E-state index contributed by atoms with van der Waals surface area (Å²) in [4.78, 5) is 4.69. The van der Waals surface area contributed by atoms with Crippen LogP contribution in [0, 0.1) is 0 Å². The molecule has 0 aliphatic carbocycles.